The Balaban J connectivity index is 1.48. The Hall–Kier alpha value is -2.86. The lowest BCUT2D eigenvalue weighted by molar-refractivity contribution is -0.0929. The molecule has 4 heterocycles. The van der Waals surface area contributed by atoms with Gasteiger partial charge in [0.25, 0.3) is 0 Å². The normalized spacial score (nSPS) is 23.8. The van der Waals surface area contributed by atoms with Gasteiger partial charge in [0.15, 0.2) is 6.36 Å². The van der Waals surface area contributed by atoms with E-state index in [1.165, 1.54) is 6.92 Å². The smallest absolute Gasteiger partial charge is 0.241 e. The van der Waals surface area contributed by atoms with E-state index in [0.717, 1.165) is 53.8 Å². The van der Waals surface area contributed by atoms with Gasteiger partial charge in [-0.05, 0) is 77.1 Å². The highest BCUT2D eigenvalue weighted by Gasteiger charge is 2.33. The Labute approximate surface area is 234 Å². The van der Waals surface area contributed by atoms with Crippen molar-refractivity contribution in [3.63, 3.8) is 0 Å². The lowest BCUT2D eigenvalue weighted by Crippen LogP contribution is -2.52. The molecule has 3 N–H and O–H groups in total. The first kappa shape index (κ1) is 28.7. The second-order valence-electron chi connectivity index (χ2n) is 11.7. The molecule has 0 aromatic carbocycles. The number of ether oxygens (including phenoxy) is 2. The Kier molecular flexibility index (Phi) is 8.55. The quantitative estimate of drug-likeness (QED) is 0.361. The number of hydrogen-bond donors (Lipinski definition) is 3. The van der Waals surface area contributed by atoms with Gasteiger partial charge >= 0.3 is 0 Å². The summed E-state index contributed by atoms with van der Waals surface area (Å²) in [6.07, 6.45) is 5.01. The molecule has 218 valence electrons. The fraction of sp³-hybridized carbons (Fsp3) is 0.621. The fourth-order valence-electron chi connectivity index (χ4n) is 5.56. The van der Waals surface area contributed by atoms with Crippen LogP contribution in [0.1, 0.15) is 65.0 Å². The molecule has 1 aliphatic heterocycles. The molecule has 1 saturated carbocycles. The summed E-state index contributed by atoms with van der Waals surface area (Å²) in [5, 5.41) is 28.7. The Bertz CT molecular complexity index is 1290. The van der Waals surface area contributed by atoms with Crippen LogP contribution in [-0.2, 0) is 9.47 Å². The van der Waals surface area contributed by atoms with Crippen LogP contribution in [0.15, 0.2) is 30.6 Å². The van der Waals surface area contributed by atoms with Gasteiger partial charge in [-0.1, -0.05) is 0 Å². The van der Waals surface area contributed by atoms with Crippen molar-refractivity contribution in [2.75, 3.05) is 36.5 Å². The zero-order valence-corrected chi connectivity index (χ0v) is 23.8. The first-order valence-electron chi connectivity index (χ1n) is 14.2. The summed E-state index contributed by atoms with van der Waals surface area (Å²) in [6, 6.07) is 6.07. The molecule has 3 aromatic rings. The summed E-state index contributed by atoms with van der Waals surface area (Å²) < 4.78 is 26.0. The predicted molar refractivity (Wildman–Crippen MR) is 151 cm³/mol. The Morgan fingerprint density at radius 3 is 2.70 bits per heavy atom. The zero-order chi connectivity index (χ0) is 28.4. The van der Waals surface area contributed by atoms with Gasteiger partial charge in [0.05, 0.1) is 36.6 Å². The second kappa shape index (κ2) is 11.9. The van der Waals surface area contributed by atoms with Crippen molar-refractivity contribution in [2.24, 2.45) is 0 Å². The number of hydrogen-bond acceptors (Lipinski definition) is 9. The second-order valence-corrected chi connectivity index (χ2v) is 11.7. The van der Waals surface area contributed by atoms with Crippen LogP contribution in [0.3, 0.4) is 0 Å². The van der Waals surface area contributed by atoms with Gasteiger partial charge in [-0.15, -0.1) is 5.10 Å². The Morgan fingerprint density at radius 1 is 1.20 bits per heavy atom. The number of nitrogens with one attached hydrogen (secondary N) is 1. The highest BCUT2D eigenvalue weighted by molar-refractivity contribution is 5.82. The molecule has 1 saturated heterocycles. The van der Waals surface area contributed by atoms with Crippen LogP contribution >= 0.6 is 0 Å². The number of aliphatic hydroxyl groups excluding tert-OH is 1. The van der Waals surface area contributed by atoms with Gasteiger partial charge in [-0.2, -0.15) is 0 Å². The van der Waals surface area contributed by atoms with E-state index in [2.05, 4.69) is 32.3 Å². The first-order chi connectivity index (χ1) is 19.1. The average molecular weight is 557 g/mol. The molecule has 3 atom stereocenters. The van der Waals surface area contributed by atoms with Gasteiger partial charge in [-0.25, -0.2) is 18.9 Å². The molecule has 1 aliphatic carbocycles. The van der Waals surface area contributed by atoms with E-state index in [4.69, 9.17) is 14.6 Å². The first-order valence-corrected chi connectivity index (χ1v) is 14.2. The minimum absolute atomic E-state index is 0.178. The van der Waals surface area contributed by atoms with E-state index in [1.54, 1.807) is 13.8 Å². The number of nitrogens with zero attached hydrogens (tertiary/aromatic N) is 5. The maximum Gasteiger partial charge on any atom is 0.241 e. The standard InChI is InChI=1S/C29H41FN6O4/c1-18(17-40-19(2)30)33-28-32-15-25-23(14-24(36(25)34-28)20-5-7-22(37)8-6-20)21-9-10-31-27(13-21)35-11-12-39-26(16-35)29(3,4)38/h9-10,13-15,18-20,22,26,37-38H,5-8,11-12,16-17H2,1-4H3,(H,33,34)/t18-,19?,20?,22?,26+/m0/s1. The summed E-state index contributed by atoms with van der Waals surface area (Å²) in [4.78, 5) is 11.4. The zero-order valence-electron chi connectivity index (χ0n) is 23.8. The minimum atomic E-state index is -1.34. The van der Waals surface area contributed by atoms with Crippen molar-refractivity contribution < 1.29 is 24.1 Å². The SMILES string of the molecule is CC(F)OC[C@H](C)Nc1ncc2c(-c3ccnc(N4CCO[C@@H](C(C)(C)O)C4)c3)cc(C3CCC(O)CC3)n2n1. The van der Waals surface area contributed by atoms with Crippen molar-refractivity contribution >= 4 is 17.3 Å². The molecule has 5 rings (SSSR count). The number of aliphatic hydroxyl groups is 2. The molecule has 2 fully saturated rings. The van der Waals surface area contributed by atoms with Gasteiger partial charge in [0, 0.05) is 42.5 Å². The maximum absolute atomic E-state index is 13.1. The molecular formula is C29H41FN6O4. The number of morpholine rings is 1. The van der Waals surface area contributed by atoms with Gasteiger partial charge in [0.2, 0.25) is 5.95 Å². The number of halogens is 1. The number of alkyl halides is 1. The molecule has 0 spiro atoms. The van der Waals surface area contributed by atoms with Crippen molar-refractivity contribution in [3.8, 4) is 11.1 Å². The molecular weight excluding hydrogens is 515 g/mol. The monoisotopic (exact) mass is 556 g/mol. The van der Waals surface area contributed by atoms with Crippen LogP contribution in [-0.4, -0.2) is 86.3 Å². The number of aromatic nitrogens is 4. The van der Waals surface area contributed by atoms with Crippen molar-refractivity contribution in [1.82, 2.24) is 19.6 Å². The van der Waals surface area contributed by atoms with Gasteiger partial charge in [-0.3, -0.25) is 0 Å². The van der Waals surface area contributed by atoms with E-state index >= 15 is 0 Å². The summed E-state index contributed by atoms with van der Waals surface area (Å²) in [6.45, 7) is 8.74. The molecule has 1 unspecified atom stereocenters. The third-order valence-electron chi connectivity index (χ3n) is 7.85. The topological polar surface area (TPSA) is 117 Å². The average Bonchev–Trinajstić information content (AvgIpc) is 3.31. The van der Waals surface area contributed by atoms with E-state index in [9.17, 15) is 14.6 Å². The molecule has 3 aromatic heterocycles. The van der Waals surface area contributed by atoms with Gasteiger partial charge < -0.3 is 29.9 Å². The third kappa shape index (κ3) is 6.54. The summed E-state index contributed by atoms with van der Waals surface area (Å²) in [5.74, 6) is 1.52. The molecule has 0 radical (unpaired) electrons. The van der Waals surface area contributed by atoms with Crippen LogP contribution in [0, 0.1) is 0 Å². The largest absolute Gasteiger partial charge is 0.393 e. The summed E-state index contributed by atoms with van der Waals surface area (Å²) >= 11 is 0. The third-order valence-corrected chi connectivity index (χ3v) is 7.85. The molecule has 0 amide bonds. The molecule has 0 bridgehead atoms. The summed E-state index contributed by atoms with van der Waals surface area (Å²) in [7, 11) is 0. The maximum atomic E-state index is 13.1. The number of pyridine rings is 1. The molecule has 40 heavy (non-hydrogen) atoms. The van der Waals surface area contributed by atoms with Crippen molar-refractivity contribution in [3.05, 3.63) is 36.3 Å². The van der Waals surface area contributed by atoms with E-state index in [1.807, 2.05) is 29.9 Å². The van der Waals surface area contributed by atoms with E-state index < -0.39 is 12.0 Å². The van der Waals surface area contributed by atoms with Crippen LogP contribution in [0.4, 0.5) is 16.2 Å². The number of rotatable bonds is 9. The lowest BCUT2D eigenvalue weighted by Gasteiger charge is -2.39. The van der Waals surface area contributed by atoms with Crippen LogP contribution in [0.5, 0.6) is 0 Å². The van der Waals surface area contributed by atoms with E-state index in [-0.39, 0.29) is 30.8 Å². The minimum Gasteiger partial charge on any atom is -0.393 e. The number of fused-ring (bicyclic) bond motifs is 1. The number of anilines is 2. The van der Waals surface area contributed by atoms with Crippen molar-refractivity contribution in [1.29, 1.82) is 0 Å². The Morgan fingerprint density at radius 2 is 1.98 bits per heavy atom. The highest BCUT2D eigenvalue weighted by atomic mass is 19.1. The molecule has 10 nitrogen and oxygen atoms in total. The fourth-order valence-corrected chi connectivity index (χ4v) is 5.56. The molecule has 2 aliphatic rings. The van der Waals surface area contributed by atoms with Crippen molar-refractivity contribution in [2.45, 2.75) is 89.5 Å². The summed E-state index contributed by atoms with van der Waals surface area (Å²) in [5.41, 5.74) is 3.01. The van der Waals surface area contributed by atoms with Gasteiger partial charge in [0.1, 0.15) is 11.9 Å². The lowest BCUT2D eigenvalue weighted by atomic mass is 9.85. The van der Waals surface area contributed by atoms with Crippen LogP contribution in [0.25, 0.3) is 16.6 Å². The van der Waals surface area contributed by atoms with Crippen LogP contribution in [0.2, 0.25) is 0 Å². The molecule has 11 heteroatoms. The predicted octanol–water partition coefficient (Wildman–Crippen LogP) is 3.92. The highest BCUT2D eigenvalue weighted by Crippen LogP contribution is 2.38. The van der Waals surface area contributed by atoms with E-state index in [0.29, 0.717) is 25.6 Å². The van der Waals surface area contributed by atoms with Crippen LogP contribution < -0.4 is 10.2 Å².